The summed E-state index contributed by atoms with van der Waals surface area (Å²) in [6.45, 7) is 2.47. The topological polar surface area (TPSA) is 64.6 Å². The Kier molecular flexibility index (Phi) is 7.06. The fraction of sp³-hybridized carbons (Fsp3) is 0.391. The molecule has 0 radical (unpaired) electrons. The number of hydrogen-bond donors (Lipinski definition) is 1. The molecule has 2 aromatic carbocycles. The molecular formula is C23H27NO4. The first-order valence-corrected chi connectivity index (χ1v) is 9.90. The summed E-state index contributed by atoms with van der Waals surface area (Å²) in [5, 5.41) is 2.98. The van der Waals surface area contributed by atoms with Gasteiger partial charge in [-0.2, -0.15) is 0 Å². The van der Waals surface area contributed by atoms with Gasteiger partial charge in [0, 0.05) is 6.04 Å². The Hall–Kier alpha value is -2.82. The molecule has 3 rings (SSSR count). The van der Waals surface area contributed by atoms with E-state index in [4.69, 9.17) is 9.47 Å². The molecule has 148 valence electrons. The first-order valence-electron chi connectivity index (χ1n) is 9.90. The second kappa shape index (κ2) is 9.93. The van der Waals surface area contributed by atoms with Crippen molar-refractivity contribution in [1.29, 1.82) is 0 Å². The number of hydrogen-bond acceptors (Lipinski definition) is 4. The van der Waals surface area contributed by atoms with Crippen molar-refractivity contribution in [2.24, 2.45) is 0 Å². The molecule has 1 N–H and O–H groups in total. The second-order valence-electron chi connectivity index (χ2n) is 7.10. The number of carbonyl (C=O) groups is 2. The van der Waals surface area contributed by atoms with Crippen molar-refractivity contribution in [2.75, 3.05) is 6.61 Å². The summed E-state index contributed by atoms with van der Waals surface area (Å²) in [4.78, 5) is 23.8. The Balaban J connectivity index is 1.42. The van der Waals surface area contributed by atoms with E-state index in [9.17, 15) is 9.59 Å². The smallest absolute Gasteiger partial charge is 0.407 e. The maximum atomic E-state index is 12.0. The van der Waals surface area contributed by atoms with Crippen LogP contribution in [0.15, 0.2) is 54.6 Å². The number of amides is 1. The van der Waals surface area contributed by atoms with Gasteiger partial charge in [-0.05, 0) is 61.8 Å². The zero-order chi connectivity index (χ0) is 19.8. The summed E-state index contributed by atoms with van der Waals surface area (Å²) >= 11 is 0. The number of benzene rings is 2. The normalized spacial score (nSPS) is 18.9. The third kappa shape index (κ3) is 5.59. The molecule has 0 bridgehead atoms. The van der Waals surface area contributed by atoms with Crippen molar-refractivity contribution < 1.29 is 19.1 Å². The Morgan fingerprint density at radius 1 is 0.929 bits per heavy atom. The zero-order valence-electron chi connectivity index (χ0n) is 16.2. The predicted molar refractivity (Wildman–Crippen MR) is 107 cm³/mol. The van der Waals surface area contributed by atoms with Gasteiger partial charge in [0.2, 0.25) is 0 Å². The van der Waals surface area contributed by atoms with Gasteiger partial charge in [-0.1, -0.05) is 42.5 Å². The fourth-order valence-corrected chi connectivity index (χ4v) is 3.61. The van der Waals surface area contributed by atoms with Gasteiger partial charge in [0.25, 0.3) is 0 Å². The minimum atomic E-state index is -0.355. The first-order chi connectivity index (χ1) is 13.7. The summed E-state index contributed by atoms with van der Waals surface area (Å²) in [6, 6.07) is 17.5. The highest BCUT2D eigenvalue weighted by Crippen LogP contribution is 2.33. The van der Waals surface area contributed by atoms with Crippen molar-refractivity contribution in [3.8, 4) is 0 Å². The third-order valence-electron chi connectivity index (χ3n) is 5.16. The fourth-order valence-electron chi connectivity index (χ4n) is 3.61. The van der Waals surface area contributed by atoms with E-state index in [1.807, 2.05) is 54.6 Å². The van der Waals surface area contributed by atoms with Crippen LogP contribution in [0.4, 0.5) is 4.79 Å². The maximum absolute atomic E-state index is 12.0. The lowest BCUT2D eigenvalue weighted by atomic mass is 9.81. The Morgan fingerprint density at radius 2 is 1.61 bits per heavy atom. The Labute approximate surface area is 166 Å². The molecule has 1 aliphatic rings. The first kappa shape index (κ1) is 19.9. The number of carbonyl (C=O) groups excluding carboxylic acids is 2. The minimum absolute atomic E-state index is 0.151. The molecule has 5 nitrogen and oxygen atoms in total. The average molecular weight is 381 g/mol. The lowest BCUT2D eigenvalue weighted by Gasteiger charge is -2.29. The monoisotopic (exact) mass is 381 g/mol. The molecule has 28 heavy (non-hydrogen) atoms. The highest BCUT2D eigenvalue weighted by molar-refractivity contribution is 5.89. The van der Waals surface area contributed by atoms with E-state index < -0.39 is 0 Å². The van der Waals surface area contributed by atoms with Gasteiger partial charge >= 0.3 is 12.1 Å². The summed E-state index contributed by atoms with van der Waals surface area (Å²) in [5.41, 5.74) is 2.80. The molecule has 0 saturated heterocycles. The Morgan fingerprint density at radius 3 is 2.25 bits per heavy atom. The van der Waals surface area contributed by atoms with Crippen LogP contribution in [0.2, 0.25) is 0 Å². The number of nitrogens with one attached hydrogen (secondary N) is 1. The van der Waals surface area contributed by atoms with Crippen molar-refractivity contribution in [1.82, 2.24) is 5.32 Å². The molecule has 1 saturated carbocycles. The number of alkyl carbamates (subject to hydrolysis) is 1. The van der Waals surface area contributed by atoms with Gasteiger partial charge in [-0.15, -0.1) is 0 Å². The molecule has 1 fully saturated rings. The van der Waals surface area contributed by atoms with E-state index in [0.717, 1.165) is 31.2 Å². The quantitative estimate of drug-likeness (QED) is 0.729. The molecule has 0 spiro atoms. The van der Waals surface area contributed by atoms with Crippen LogP contribution in [0.5, 0.6) is 0 Å². The highest BCUT2D eigenvalue weighted by Gasteiger charge is 2.24. The lowest BCUT2D eigenvalue weighted by Crippen LogP contribution is -2.37. The van der Waals surface area contributed by atoms with E-state index in [0.29, 0.717) is 18.1 Å². The molecule has 0 unspecified atom stereocenters. The van der Waals surface area contributed by atoms with Crippen LogP contribution in [0.1, 0.15) is 60.0 Å². The van der Waals surface area contributed by atoms with Gasteiger partial charge in [-0.25, -0.2) is 9.59 Å². The van der Waals surface area contributed by atoms with Gasteiger partial charge in [0.1, 0.15) is 6.61 Å². The molecule has 1 amide bonds. The number of ether oxygens (including phenoxy) is 2. The summed E-state index contributed by atoms with van der Waals surface area (Å²) in [5.74, 6) is 0.172. The molecule has 0 atom stereocenters. The second-order valence-corrected chi connectivity index (χ2v) is 7.10. The highest BCUT2D eigenvalue weighted by atomic mass is 16.5. The molecule has 2 aromatic rings. The SMILES string of the molecule is CCOC(=O)c1ccc(C2CCC(NC(=O)OCc3ccccc3)CC2)cc1. The van der Waals surface area contributed by atoms with E-state index in [-0.39, 0.29) is 24.7 Å². The van der Waals surface area contributed by atoms with Crippen molar-refractivity contribution in [2.45, 2.75) is 51.2 Å². The molecule has 0 aromatic heterocycles. The van der Waals surface area contributed by atoms with Gasteiger partial charge < -0.3 is 14.8 Å². The van der Waals surface area contributed by atoms with E-state index in [1.165, 1.54) is 5.56 Å². The van der Waals surface area contributed by atoms with Crippen LogP contribution in [0, 0.1) is 0 Å². The van der Waals surface area contributed by atoms with E-state index >= 15 is 0 Å². The molecule has 5 heteroatoms. The van der Waals surface area contributed by atoms with Crippen LogP contribution in [0.25, 0.3) is 0 Å². The predicted octanol–water partition coefficient (Wildman–Crippen LogP) is 4.82. The van der Waals surface area contributed by atoms with Gasteiger partial charge in [0.15, 0.2) is 0 Å². The van der Waals surface area contributed by atoms with E-state index in [1.54, 1.807) is 6.92 Å². The summed E-state index contributed by atoms with van der Waals surface area (Å²) in [6.07, 6.45) is 3.49. The van der Waals surface area contributed by atoms with Crippen LogP contribution >= 0.6 is 0 Å². The van der Waals surface area contributed by atoms with Crippen LogP contribution < -0.4 is 5.32 Å². The molecule has 0 heterocycles. The minimum Gasteiger partial charge on any atom is -0.462 e. The van der Waals surface area contributed by atoms with Gasteiger partial charge in [-0.3, -0.25) is 0 Å². The summed E-state index contributed by atoms with van der Waals surface area (Å²) in [7, 11) is 0. The molecular weight excluding hydrogens is 354 g/mol. The number of rotatable bonds is 6. The van der Waals surface area contributed by atoms with Crippen LogP contribution in [-0.2, 0) is 16.1 Å². The summed E-state index contributed by atoms with van der Waals surface area (Å²) < 4.78 is 10.3. The number of esters is 1. The average Bonchev–Trinajstić information content (AvgIpc) is 2.74. The third-order valence-corrected chi connectivity index (χ3v) is 5.16. The lowest BCUT2D eigenvalue weighted by molar-refractivity contribution is 0.0526. The largest absolute Gasteiger partial charge is 0.462 e. The van der Waals surface area contributed by atoms with Crippen LogP contribution in [0.3, 0.4) is 0 Å². The molecule has 0 aliphatic heterocycles. The standard InChI is InChI=1S/C23H27NO4/c1-2-27-22(25)20-10-8-18(9-11-20)19-12-14-21(15-13-19)24-23(26)28-16-17-6-4-3-5-7-17/h3-11,19,21H,2,12-16H2,1H3,(H,24,26). The van der Waals surface area contributed by atoms with Gasteiger partial charge in [0.05, 0.1) is 12.2 Å². The van der Waals surface area contributed by atoms with Crippen LogP contribution in [-0.4, -0.2) is 24.7 Å². The zero-order valence-corrected chi connectivity index (χ0v) is 16.2. The van der Waals surface area contributed by atoms with Crippen molar-refractivity contribution >= 4 is 12.1 Å². The van der Waals surface area contributed by atoms with Crippen molar-refractivity contribution in [3.05, 3.63) is 71.3 Å². The van der Waals surface area contributed by atoms with Crippen molar-refractivity contribution in [3.63, 3.8) is 0 Å². The maximum Gasteiger partial charge on any atom is 0.407 e. The Bertz CT molecular complexity index is 765. The van der Waals surface area contributed by atoms with E-state index in [2.05, 4.69) is 5.32 Å². The molecule has 1 aliphatic carbocycles.